The van der Waals surface area contributed by atoms with Crippen molar-refractivity contribution in [1.82, 2.24) is 0 Å². The van der Waals surface area contributed by atoms with Gasteiger partial charge in [0.15, 0.2) is 5.75 Å². The molecular formula is C11H5Br2NO6. The second kappa shape index (κ2) is 5.63. The molecule has 104 valence electrons. The number of non-ortho nitro benzene ring substituents is 1. The van der Waals surface area contributed by atoms with E-state index in [1.165, 1.54) is 24.3 Å². The van der Waals surface area contributed by atoms with Crippen LogP contribution in [0.3, 0.4) is 0 Å². The highest BCUT2D eigenvalue weighted by Gasteiger charge is 2.17. The molecule has 0 fully saturated rings. The molecular weight excluding hydrogens is 402 g/mol. The highest BCUT2D eigenvalue weighted by Crippen LogP contribution is 2.40. The number of nitrogens with zero attached hydrogens (tertiary/aromatic N) is 1. The van der Waals surface area contributed by atoms with Crippen LogP contribution in [0, 0.1) is 10.1 Å². The van der Waals surface area contributed by atoms with Gasteiger partial charge in [-0.05, 0) is 37.9 Å². The van der Waals surface area contributed by atoms with Crippen molar-refractivity contribution < 1.29 is 24.0 Å². The standard InChI is InChI=1S/C11H5Br2NO6/c12-6-3-5(14(17)18)4-7(13)10(6)20-9-2-1-8(19-9)11(15)16/h1-4H,(H,15,16). The molecule has 0 radical (unpaired) electrons. The monoisotopic (exact) mass is 405 g/mol. The Morgan fingerprint density at radius 3 is 2.35 bits per heavy atom. The van der Waals surface area contributed by atoms with E-state index in [2.05, 4.69) is 31.9 Å². The molecule has 0 saturated heterocycles. The lowest BCUT2D eigenvalue weighted by Crippen LogP contribution is -1.92. The Hall–Kier alpha value is -1.87. The fourth-order valence-corrected chi connectivity index (χ4v) is 2.66. The van der Waals surface area contributed by atoms with E-state index in [0.29, 0.717) is 8.95 Å². The third-order valence-electron chi connectivity index (χ3n) is 2.19. The molecule has 0 aliphatic rings. The van der Waals surface area contributed by atoms with Crippen molar-refractivity contribution in [1.29, 1.82) is 0 Å². The number of halogens is 2. The summed E-state index contributed by atoms with van der Waals surface area (Å²) in [4.78, 5) is 20.8. The molecule has 0 atom stereocenters. The fourth-order valence-electron chi connectivity index (χ4n) is 1.34. The molecule has 2 rings (SSSR count). The summed E-state index contributed by atoms with van der Waals surface area (Å²) < 4.78 is 11.0. The molecule has 0 aliphatic carbocycles. The predicted molar refractivity (Wildman–Crippen MR) is 74.2 cm³/mol. The Morgan fingerprint density at radius 1 is 1.30 bits per heavy atom. The van der Waals surface area contributed by atoms with Crippen LogP contribution in [0.2, 0.25) is 0 Å². The molecule has 0 saturated carbocycles. The zero-order chi connectivity index (χ0) is 14.9. The van der Waals surface area contributed by atoms with Crippen LogP contribution in [0.25, 0.3) is 0 Å². The maximum absolute atomic E-state index is 10.7. The van der Waals surface area contributed by atoms with Gasteiger partial charge in [-0.1, -0.05) is 0 Å². The van der Waals surface area contributed by atoms with E-state index in [1.54, 1.807) is 0 Å². The first-order valence-corrected chi connectivity index (χ1v) is 6.61. The zero-order valence-electron chi connectivity index (χ0n) is 9.50. The molecule has 0 amide bonds. The van der Waals surface area contributed by atoms with Crippen LogP contribution < -0.4 is 4.74 Å². The maximum atomic E-state index is 10.7. The van der Waals surface area contributed by atoms with Gasteiger partial charge in [0.25, 0.3) is 11.6 Å². The van der Waals surface area contributed by atoms with Gasteiger partial charge in [-0.3, -0.25) is 10.1 Å². The summed E-state index contributed by atoms with van der Waals surface area (Å²) in [6, 6.07) is 5.11. The Morgan fingerprint density at radius 2 is 1.90 bits per heavy atom. The lowest BCUT2D eigenvalue weighted by molar-refractivity contribution is -0.385. The van der Waals surface area contributed by atoms with E-state index in [0.717, 1.165) is 0 Å². The highest BCUT2D eigenvalue weighted by molar-refractivity contribution is 9.11. The molecule has 0 spiro atoms. The Bertz CT molecular complexity index is 673. The van der Waals surface area contributed by atoms with Crippen molar-refractivity contribution >= 4 is 43.5 Å². The Balaban J connectivity index is 2.33. The van der Waals surface area contributed by atoms with Crippen LogP contribution in [0.15, 0.2) is 37.6 Å². The summed E-state index contributed by atoms with van der Waals surface area (Å²) in [6.45, 7) is 0. The highest BCUT2D eigenvalue weighted by atomic mass is 79.9. The number of hydrogen-bond acceptors (Lipinski definition) is 5. The number of aromatic carboxylic acids is 1. The normalized spacial score (nSPS) is 10.3. The number of carboxylic acid groups (broad SMARTS) is 1. The molecule has 1 aromatic carbocycles. The van der Waals surface area contributed by atoms with Crippen molar-refractivity contribution in [3.05, 3.63) is 49.1 Å². The second-order valence-electron chi connectivity index (χ2n) is 3.52. The van der Waals surface area contributed by atoms with E-state index in [9.17, 15) is 14.9 Å². The van der Waals surface area contributed by atoms with E-state index < -0.39 is 10.9 Å². The molecule has 0 unspecified atom stereocenters. The van der Waals surface area contributed by atoms with Crippen molar-refractivity contribution in [2.24, 2.45) is 0 Å². The summed E-state index contributed by atoms with van der Waals surface area (Å²) in [6.07, 6.45) is 0. The van der Waals surface area contributed by atoms with Gasteiger partial charge in [0.05, 0.1) is 13.9 Å². The molecule has 1 heterocycles. The van der Waals surface area contributed by atoms with Crippen LogP contribution in [-0.4, -0.2) is 16.0 Å². The van der Waals surface area contributed by atoms with E-state index in [4.69, 9.17) is 14.3 Å². The average molecular weight is 407 g/mol. The summed E-state index contributed by atoms with van der Waals surface area (Å²) >= 11 is 6.28. The number of rotatable bonds is 4. The van der Waals surface area contributed by atoms with Crippen LogP contribution in [0.1, 0.15) is 10.6 Å². The molecule has 0 bridgehead atoms. The van der Waals surface area contributed by atoms with Gasteiger partial charge in [0.2, 0.25) is 5.76 Å². The minimum atomic E-state index is -1.22. The molecule has 9 heteroatoms. The first-order valence-electron chi connectivity index (χ1n) is 5.03. The lowest BCUT2D eigenvalue weighted by atomic mass is 10.3. The first-order chi connectivity index (χ1) is 9.38. The Kier molecular flexibility index (Phi) is 4.09. The number of carboxylic acids is 1. The molecule has 1 N–H and O–H groups in total. The van der Waals surface area contributed by atoms with Crippen LogP contribution in [0.5, 0.6) is 11.7 Å². The number of nitro groups is 1. The van der Waals surface area contributed by atoms with Gasteiger partial charge in [-0.15, -0.1) is 0 Å². The van der Waals surface area contributed by atoms with Crippen LogP contribution >= 0.6 is 31.9 Å². The molecule has 20 heavy (non-hydrogen) atoms. The predicted octanol–water partition coefficient (Wildman–Crippen LogP) is 4.20. The molecule has 2 aromatic rings. The van der Waals surface area contributed by atoms with Crippen molar-refractivity contribution in [3.8, 4) is 11.7 Å². The van der Waals surface area contributed by atoms with Crippen molar-refractivity contribution in [2.45, 2.75) is 0 Å². The SMILES string of the molecule is O=C(O)c1ccc(Oc2c(Br)cc([N+](=O)[O-])cc2Br)o1. The van der Waals surface area contributed by atoms with Gasteiger partial charge in [0, 0.05) is 18.2 Å². The number of nitro benzene ring substituents is 1. The molecule has 0 aliphatic heterocycles. The van der Waals surface area contributed by atoms with Crippen LogP contribution in [0.4, 0.5) is 5.69 Å². The smallest absolute Gasteiger partial charge is 0.371 e. The summed E-state index contributed by atoms with van der Waals surface area (Å²) in [5, 5.41) is 19.4. The fraction of sp³-hybridized carbons (Fsp3) is 0. The van der Waals surface area contributed by atoms with E-state index >= 15 is 0 Å². The van der Waals surface area contributed by atoms with Crippen molar-refractivity contribution in [3.63, 3.8) is 0 Å². The van der Waals surface area contributed by atoms with Gasteiger partial charge in [0.1, 0.15) is 0 Å². The third-order valence-corrected chi connectivity index (χ3v) is 3.37. The van der Waals surface area contributed by atoms with Crippen LogP contribution in [-0.2, 0) is 0 Å². The quantitative estimate of drug-likeness (QED) is 0.602. The number of benzene rings is 1. The number of furan rings is 1. The van der Waals surface area contributed by atoms with E-state index in [-0.39, 0.29) is 23.1 Å². The minimum Gasteiger partial charge on any atom is -0.475 e. The Labute approximate surface area is 128 Å². The minimum absolute atomic E-state index is 0.0438. The lowest BCUT2D eigenvalue weighted by Gasteiger charge is -2.07. The first kappa shape index (κ1) is 14.5. The topological polar surface area (TPSA) is 103 Å². The molecule has 7 nitrogen and oxygen atoms in total. The maximum Gasteiger partial charge on any atom is 0.371 e. The third kappa shape index (κ3) is 2.99. The summed E-state index contributed by atoms with van der Waals surface area (Å²) in [7, 11) is 0. The summed E-state index contributed by atoms with van der Waals surface area (Å²) in [5.74, 6) is -1.30. The van der Waals surface area contributed by atoms with Gasteiger partial charge in [-0.2, -0.15) is 0 Å². The number of carbonyl (C=O) groups is 1. The zero-order valence-corrected chi connectivity index (χ0v) is 12.7. The number of ether oxygens (including phenoxy) is 1. The van der Waals surface area contributed by atoms with Gasteiger partial charge in [-0.25, -0.2) is 4.79 Å². The summed E-state index contributed by atoms with van der Waals surface area (Å²) in [5.41, 5.74) is -0.123. The second-order valence-corrected chi connectivity index (χ2v) is 5.23. The number of hydrogen-bond donors (Lipinski definition) is 1. The van der Waals surface area contributed by atoms with E-state index in [1.807, 2.05) is 0 Å². The van der Waals surface area contributed by atoms with Gasteiger partial charge >= 0.3 is 5.97 Å². The molecule has 1 aromatic heterocycles. The average Bonchev–Trinajstić information content (AvgIpc) is 2.82. The van der Waals surface area contributed by atoms with Crippen molar-refractivity contribution in [2.75, 3.05) is 0 Å². The largest absolute Gasteiger partial charge is 0.475 e. The van der Waals surface area contributed by atoms with Gasteiger partial charge < -0.3 is 14.3 Å².